The Hall–Kier alpha value is -2.51. The van der Waals surface area contributed by atoms with Crippen LogP contribution in [0.1, 0.15) is 11.5 Å². The van der Waals surface area contributed by atoms with Gasteiger partial charge in [0.25, 0.3) is 0 Å². The maximum Gasteiger partial charge on any atom is 0.247 e. The highest BCUT2D eigenvalue weighted by atomic mass is 32.2. The highest BCUT2D eigenvalue weighted by Crippen LogP contribution is 2.28. The zero-order valence-corrected chi connectivity index (χ0v) is 13.9. The van der Waals surface area contributed by atoms with Crippen LogP contribution in [0.15, 0.2) is 74.8 Å². The molecule has 2 heterocycles. The molecule has 0 bridgehead atoms. The largest absolute Gasteiger partial charge is 0.495 e. The molecule has 0 fully saturated rings. The van der Waals surface area contributed by atoms with Crippen molar-refractivity contribution in [1.29, 1.82) is 0 Å². The molecule has 3 aromatic rings. The minimum Gasteiger partial charge on any atom is -0.495 e. The molecule has 0 N–H and O–H groups in total. The van der Waals surface area contributed by atoms with Gasteiger partial charge in [0.15, 0.2) is 0 Å². The molecule has 0 aliphatic rings. The summed E-state index contributed by atoms with van der Waals surface area (Å²) in [5.41, 5.74) is 0. The Labute approximate surface area is 140 Å². The molecule has 24 heavy (non-hydrogen) atoms. The number of hydrogen-bond acceptors (Lipinski definition) is 5. The van der Waals surface area contributed by atoms with Crippen molar-refractivity contribution in [2.45, 2.75) is 18.0 Å². The third-order valence-corrected chi connectivity index (χ3v) is 5.34. The van der Waals surface area contributed by atoms with Gasteiger partial charge < -0.3 is 13.6 Å². The fourth-order valence-electron chi connectivity index (χ4n) is 2.35. The smallest absolute Gasteiger partial charge is 0.247 e. The minimum absolute atomic E-state index is 0.0914. The Bertz CT molecular complexity index is 833. The zero-order chi connectivity index (χ0) is 17.0. The topological polar surface area (TPSA) is 72.9 Å². The van der Waals surface area contributed by atoms with Crippen molar-refractivity contribution in [2.75, 3.05) is 7.11 Å². The van der Waals surface area contributed by atoms with Gasteiger partial charge in [0.2, 0.25) is 10.0 Å². The first-order valence-corrected chi connectivity index (χ1v) is 8.73. The van der Waals surface area contributed by atoms with E-state index in [4.69, 9.17) is 13.6 Å². The first kappa shape index (κ1) is 16.4. The van der Waals surface area contributed by atoms with Gasteiger partial charge in [-0.15, -0.1) is 0 Å². The first-order chi connectivity index (χ1) is 11.6. The Morgan fingerprint density at radius 2 is 1.50 bits per heavy atom. The van der Waals surface area contributed by atoms with Crippen LogP contribution in [0.5, 0.6) is 5.75 Å². The third-order valence-electron chi connectivity index (χ3n) is 3.51. The molecule has 0 saturated carbocycles. The molecular formula is C17H17NO5S. The molecule has 0 saturated heterocycles. The number of furan rings is 2. The van der Waals surface area contributed by atoms with Gasteiger partial charge in [0.05, 0.1) is 32.7 Å². The van der Waals surface area contributed by atoms with Crippen LogP contribution in [0.4, 0.5) is 0 Å². The summed E-state index contributed by atoms with van der Waals surface area (Å²) in [6, 6.07) is 13.4. The van der Waals surface area contributed by atoms with Gasteiger partial charge in [0.1, 0.15) is 22.2 Å². The van der Waals surface area contributed by atoms with E-state index in [-0.39, 0.29) is 18.0 Å². The third kappa shape index (κ3) is 3.37. The lowest BCUT2D eigenvalue weighted by molar-refractivity contribution is 0.328. The number of benzene rings is 1. The molecule has 2 aromatic heterocycles. The van der Waals surface area contributed by atoms with Crippen molar-refractivity contribution in [2.24, 2.45) is 0 Å². The van der Waals surface area contributed by atoms with Crippen molar-refractivity contribution < 1.29 is 22.0 Å². The highest BCUT2D eigenvalue weighted by Gasteiger charge is 2.29. The van der Waals surface area contributed by atoms with E-state index in [0.29, 0.717) is 17.3 Å². The Balaban J connectivity index is 1.99. The van der Waals surface area contributed by atoms with Gasteiger partial charge in [-0.25, -0.2) is 8.42 Å². The summed E-state index contributed by atoms with van der Waals surface area (Å²) < 4.78 is 43.4. The van der Waals surface area contributed by atoms with E-state index in [0.717, 1.165) is 0 Å². The average Bonchev–Trinajstić information content (AvgIpc) is 3.28. The van der Waals surface area contributed by atoms with E-state index < -0.39 is 10.0 Å². The van der Waals surface area contributed by atoms with Crippen molar-refractivity contribution >= 4 is 10.0 Å². The second kappa shape index (κ2) is 6.94. The maximum atomic E-state index is 13.1. The molecule has 7 heteroatoms. The van der Waals surface area contributed by atoms with E-state index in [1.165, 1.54) is 30.0 Å². The summed E-state index contributed by atoms with van der Waals surface area (Å²) in [5.74, 6) is 1.38. The van der Waals surface area contributed by atoms with E-state index in [1.54, 1.807) is 42.5 Å². The lowest BCUT2D eigenvalue weighted by atomic mass is 10.3. The van der Waals surface area contributed by atoms with Crippen LogP contribution >= 0.6 is 0 Å². The summed E-state index contributed by atoms with van der Waals surface area (Å²) >= 11 is 0. The van der Waals surface area contributed by atoms with Crippen LogP contribution in [-0.2, 0) is 23.1 Å². The van der Waals surface area contributed by atoms with Crippen LogP contribution in [0, 0.1) is 0 Å². The predicted molar refractivity (Wildman–Crippen MR) is 86.8 cm³/mol. The lowest BCUT2D eigenvalue weighted by Crippen LogP contribution is -2.30. The van der Waals surface area contributed by atoms with Crippen molar-refractivity contribution in [3.05, 3.63) is 72.6 Å². The Kier molecular flexibility index (Phi) is 4.73. The van der Waals surface area contributed by atoms with E-state index in [1.807, 2.05) is 0 Å². The SMILES string of the molecule is COc1ccccc1S(=O)(=O)N(Cc1ccco1)Cc1ccco1. The standard InChI is InChI=1S/C17H17NO5S/c1-21-16-8-2-3-9-17(16)24(19,20)18(12-14-6-4-10-22-14)13-15-7-5-11-23-15/h2-11H,12-13H2,1H3. The van der Waals surface area contributed by atoms with Gasteiger partial charge in [-0.05, 0) is 36.4 Å². The summed E-state index contributed by atoms with van der Waals surface area (Å²) in [7, 11) is -2.37. The minimum atomic E-state index is -3.81. The van der Waals surface area contributed by atoms with Gasteiger partial charge >= 0.3 is 0 Å². The fraction of sp³-hybridized carbons (Fsp3) is 0.176. The molecule has 6 nitrogen and oxygen atoms in total. The highest BCUT2D eigenvalue weighted by molar-refractivity contribution is 7.89. The molecule has 0 atom stereocenters. The average molecular weight is 347 g/mol. The summed E-state index contributed by atoms with van der Waals surface area (Å²) in [6.45, 7) is 0.183. The Morgan fingerprint density at radius 3 is 2.00 bits per heavy atom. The normalized spacial score (nSPS) is 11.8. The Morgan fingerprint density at radius 1 is 0.917 bits per heavy atom. The second-order valence-electron chi connectivity index (χ2n) is 5.08. The maximum absolute atomic E-state index is 13.1. The number of nitrogens with zero attached hydrogens (tertiary/aromatic N) is 1. The zero-order valence-electron chi connectivity index (χ0n) is 13.1. The molecule has 3 rings (SSSR count). The quantitative estimate of drug-likeness (QED) is 0.656. The number of methoxy groups -OCH3 is 1. The van der Waals surface area contributed by atoms with Crippen LogP contribution in [0.25, 0.3) is 0 Å². The van der Waals surface area contributed by atoms with Crippen molar-refractivity contribution in [3.63, 3.8) is 0 Å². The van der Waals surface area contributed by atoms with Gasteiger partial charge in [-0.3, -0.25) is 0 Å². The van der Waals surface area contributed by atoms with Crippen LogP contribution in [0.2, 0.25) is 0 Å². The van der Waals surface area contributed by atoms with Gasteiger partial charge in [-0.2, -0.15) is 4.31 Å². The van der Waals surface area contributed by atoms with E-state index in [9.17, 15) is 8.42 Å². The lowest BCUT2D eigenvalue weighted by Gasteiger charge is -2.21. The molecule has 0 radical (unpaired) electrons. The van der Waals surface area contributed by atoms with Gasteiger partial charge in [-0.1, -0.05) is 12.1 Å². The summed E-state index contributed by atoms with van der Waals surface area (Å²) in [5, 5.41) is 0. The van der Waals surface area contributed by atoms with Crippen molar-refractivity contribution in [1.82, 2.24) is 4.31 Å². The predicted octanol–water partition coefficient (Wildman–Crippen LogP) is 3.27. The van der Waals surface area contributed by atoms with E-state index >= 15 is 0 Å². The molecule has 0 aliphatic heterocycles. The number of hydrogen-bond donors (Lipinski definition) is 0. The number of sulfonamides is 1. The fourth-order valence-corrected chi connectivity index (χ4v) is 3.88. The first-order valence-electron chi connectivity index (χ1n) is 7.29. The summed E-state index contributed by atoms with van der Waals surface area (Å²) in [6.07, 6.45) is 3.02. The van der Waals surface area contributed by atoms with Crippen LogP contribution < -0.4 is 4.74 Å². The van der Waals surface area contributed by atoms with Crippen LogP contribution in [0.3, 0.4) is 0 Å². The van der Waals surface area contributed by atoms with Crippen LogP contribution in [-0.4, -0.2) is 19.8 Å². The van der Waals surface area contributed by atoms with Gasteiger partial charge in [0, 0.05) is 0 Å². The molecular weight excluding hydrogens is 330 g/mol. The molecule has 1 aromatic carbocycles. The second-order valence-corrected chi connectivity index (χ2v) is 6.99. The number of para-hydroxylation sites is 1. The number of ether oxygens (including phenoxy) is 1. The number of rotatable bonds is 7. The monoisotopic (exact) mass is 347 g/mol. The molecule has 0 amide bonds. The molecule has 0 unspecified atom stereocenters. The molecule has 0 aliphatic carbocycles. The van der Waals surface area contributed by atoms with E-state index in [2.05, 4.69) is 0 Å². The molecule has 0 spiro atoms. The summed E-state index contributed by atoms with van der Waals surface area (Å²) in [4.78, 5) is 0.102. The van der Waals surface area contributed by atoms with Crippen molar-refractivity contribution in [3.8, 4) is 5.75 Å². The molecule has 126 valence electrons.